The first-order valence-corrected chi connectivity index (χ1v) is 6.34. The van der Waals surface area contributed by atoms with Crippen LogP contribution in [0.4, 0.5) is 10.5 Å². The zero-order valence-electron chi connectivity index (χ0n) is 9.30. The lowest BCUT2D eigenvalue weighted by Crippen LogP contribution is -2.46. The van der Waals surface area contributed by atoms with E-state index >= 15 is 0 Å². The number of ether oxygens (including phenoxy) is 1. The molecule has 1 aliphatic heterocycles. The van der Waals surface area contributed by atoms with Gasteiger partial charge >= 0.3 is 6.09 Å². The van der Waals surface area contributed by atoms with Crippen LogP contribution in [0, 0.1) is 0 Å². The number of carbonyl (C=O) groups is 1. The summed E-state index contributed by atoms with van der Waals surface area (Å²) >= 11 is 3.38. The molecule has 5 heteroatoms. The van der Waals surface area contributed by atoms with Crippen molar-refractivity contribution in [3.05, 3.63) is 28.7 Å². The molecule has 1 unspecified atom stereocenters. The second kappa shape index (κ2) is 5.51. The van der Waals surface area contributed by atoms with Crippen molar-refractivity contribution in [2.24, 2.45) is 0 Å². The summed E-state index contributed by atoms with van der Waals surface area (Å²) in [6.45, 7) is 0.496. The fraction of sp³-hybridized carbons (Fsp3) is 0.417. The quantitative estimate of drug-likeness (QED) is 0.933. The van der Waals surface area contributed by atoms with Gasteiger partial charge in [0.1, 0.15) is 0 Å². The molecule has 1 aliphatic rings. The van der Waals surface area contributed by atoms with Gasteiger partial charge in [0.05, 0.1) is 6.61 Å². The standard InChI is InChI=1S/C12H14BrNO3/c13-9-2-1-3-11(8-9)14-10(4-6-15)5-7-17-12(14)16/h1-3,8,10,15H,4-7H2. The van der Waals surface area contributed by atoms with Crippen molar-refractivity contribution in [2.75, 3.05) is 18.1 Å². The van der Waals surface area contributed by atoms with Crippen LogP contribution in [0.15, 0.2) is 28.7 Å². The van der Waals surface area contributed by atoms with E-state index in [1.807, 2.05) is 24.3 Å². The van der Waals surface area contributed by atoms with Crippen molar-refractivity contribution >= 4 is 27.7 Å². The number of hydrogen-bond acceptors (Lipinski definition) is 3. The van der Waals surface area contributed by atoms with Crippen molar-refractivity contribution in [1.29, 1.82) is 0 Å². The number of halogens is 1. The smallest absolute Gasteiger partial charge is 0.414 e. The fourth-order valence-electron chi connectivity index (χ4n) is 1.99. The molecular formula is C12H14BrNO3. The van der Waals surface area contributed by atoms with E-state index in [-0.39, 0.29) is 18.7 Å². The topological polar surface area (TPSA) is 49.8 Å². The SMILES string of the molecule is O=C1OCCC(CCO)N1c1cccc(Br)c1. The predicted molar refractivity (Wildman–Crippen MR) is 68.1 cm³/mol. The van der Waals surface area contributed by atoms with E-state index in [1.165, 1.54) is 0 Å². The third-order valence-electron chi connectivity index (χ3n) is 2.79. The Bertz CT molecular complexity index is 408. The van der Waals surface area contributed by atoms with Gasteiger partial charge in [-0.3, -0.25) is 4.90 Å². The predicted octanol–water partition coefficient (Wildman–Crippen LogP) is 2.55. The minimum Gasteiger partial charge on any atom is -0.449 e. The summed E-state index contributed by atoms with van der Waals surface area (Å²) in [5.41, 5.74) is 0.794. The molecule has 0 spiro atoms. The van der Waals surface area contributed by atoms with Crippen molar-refractivity contribution in [1.82, 2.24) is 0 Å². The number of hydrogen-bond donors (Lipinski definition) is 1. The lowest BCUT2D eigenvalue weighted by molar-refractivity contribution is 0.124. The van der Waals surface area contributed by atoms with Gasteiger partial charge in [-0.05, 0) is 24.6 Å². The number of benzene rings is 1. The van der Waals surface area contributed by atoms with Gasteiger partial charge in [-0.25, -0.2) is 4.79 Å². The fourth-order valence-corrected chi connectivity index (χ4v) is 2.38. The van der Waals surface area contributed by atoms with Gasteiger partial charge in [-0.1, -0.05) is 22.0 Å². The van der Waals surface area contributed by atoms with E-state index in [9.17, 15) is 4.79 Å². The van der Waals surface area contributed by atoms with Crippen molar-refractivity contribution in [3.8, 4) is 0 Å². The van der Waals surface area contributed by atoms with Crippen LogP contribution >= 0.6 is 15.9 Å². The maximum absolute atomic E-state index is 11.8. The Morgan fingerprint density at radius 1 is 1.53 bits per heavy atom. The van der Waals surface area contributed by atoms with Gasteiger partial charge in [0, 0.05) is 29.2 Å². The Balaban J connectivity index is 2.27. The van der Waals surface area contributed by atoms with E-state index in [0.29, 0.717) is 13.0 Å². The zero-order chi connectivity index (χ0) is 12.3. The highest BCUT2D eigenvalue weighted by molar-refractivity contribution is 9.10. The molecule has 0 saturated carbocycles. The number of aliphatic hydroxyl groups is 1. The molecule has 1 amide bonds. The number of carbonyl (C=O) groups excluding carboxylic acids is 1. The molecule has 2 rings (SSSR count). The van der Waals surface area contributed by atoms with Gasteiger partial charge < -0.3 is 9.84 Å². The molecule has 1 fully saturated rings. The molecule has 92 valence electrons. The lowest BCUT2D eigenvalue weighted by atomic mass is 10.1. The van der Waals surface area contributed by atoms with Gasteiger partial charge in [0.2, 0.25) is 0 Å². The molecule has 17 heavy (non-hydrogen) atoms. The first-order valence-electron chi connectivity index (χ1n) is 5.55. The minimum absolute atomic E-state index is 0.00977. The molecular weight excluding hydrogens is 286 g/mol. The first kappa shape index (κ1) is 12.4. The first-order chi connectivity index (χ1) is 8.22. The average Bonchev–Trinajstić information content (AvgIpc) is 2.29. The number of rotatable bonds is 3. The van der Waals surface area contributed by atoms with Crippen LogP contribution in [-0.4, -0.2) is 30.5 Å². The Kier molecular flexibility index (Phi) is 4.02. The summed E-state index contributed by atoms with van der Waals surface area (Å²) in [6, 6.07) is 7.52. The van der Waals surface area contributed by atoms with Crippen LogP contribution in [0.3, 0.4) is 0 Å². The number of anilines is 1. The Hall–Kier alpha value is -1.07. The van der Waals surface area contributed by atoms with Crippen LogP contribution in [-0.2, 0) is 4.74 Å². The molecule has 0 aliphatic carbocycles. The highest BCUT2D eigenvalue weighted by Gasteiger charge is 2.30. The van der Waals surface area contributed by atoms with Gasteiger partial charge in [-0.2, -0.15) is 0 Å². The normalized spacial score (nSPS) is 20.2. The number of aliphatic hydroxyl groups excluding tert-OH is 1. The van der Waals surface area contributed by atoms with Crippen LogP contribution in [0.2, 0.25) is 0 Å². The maximum atomic E-state index is 11.8. The highest BCUT2D eigenvalue weighted by Crippen LogP contribution is 2.27. The summed E-state index contributed by atoms with van der Waals surface area (Å²) in [5.74, 6) is 0. The zero-order valence-corrected chi connectivity index (χ0v) is 10.9. The monoisotopic (exact) mass is 299 g/mol. The second-order valence-corrected chi connectivity index (χ2v) is 4.83. The van der Waals surface area contributed by atoms with Crippen LogP contribution < -0.4 is 4.90 Å². The molecule has 1 aromatic carbocycles. The Labute approximate surface area is 108 Å². The van der Waals surface area contributed by atoms with Crippen molar-refractivity contribution in [2.45, 2.75) is 18.9 Å². The molecule has 0 radical (unpaired) electrons. The summed E-state index contributed by atoms with van der Waals surface area (Å²) in [4.78, 5) is 13.4. The number of cyclic esters (lactones) is 1. The van der Waals surface area contributed by atoms with E-state index in [0.717, 1.165) is 16.6 Å². The largest absolute Gasteiger partial charge is 0.449 e. The van der Waals surface area contributed by atoms with Crippen LogP contribution in [0.25, 0.3) is 0 Å². The van der Waals surface area contributed by atoms with E-state index < -0.39 is 0 Å². The van der Waals surface area contributed by atoms with Gasteiger partial charge in [-0.15, -0.1) is 0 Å². The Morgan fingerprint density at radius 2 is 2.35 bits per heavy atom. The third-order valence-corrected chi connectivity index (χ3v) is 3.28. The molecule has 1 atom stereocenters. The summed E-state index contributed by atoms with van der Waals surface area (Å²) in [7, 11) is 0. The third kappa shape index (κ3) is 2.79. The summed E-state index contributed by atoms with van der Waals surface area (Å²) in [6.07, 6.45) is 0.980. The molecule has 1 heterocycles. The molecule has 1 aromatic rings. The molecule has 0 bridgehead atoms. The van der Waals surface area contributed by atoms with E-state index in [4.69, 9.17) is 9.84 Å². The van der Waals surface area contributed by atoms with E-state index in [2.05, 4.69) is 15.9 Å². The van der Waals surface area contributed by atoms with Crippen LogP contribution in [0.1, 0.15) is 12.8 Å². The van der Waals surface area contributed by atoms with Gasteiger partial charge in [0.15, 0.2) is 0 Å². The summed E-state index contributed by atoms with van der Waals surface area (Å²) < 4.78 is 5.96. The average molecular weight is 300 g/mol. The van der Waals surface area contributed by atoms with Crippen LogP contribution in [0.5, 0.6) is 0 Å². The van der Waals surface area contributed by atoms with Crippen molar-refractivity contribution < 1.29 is 14.6 Å². The van der Waals surface area contributed by atoms with Crippen molar-refractivity contribution in [3.63, 3.8) is 0 Å². The highest BCUT2D eigenvalue weighted by atomic mass is 79.9. The molecule has 1 N–H and O–H groups in total. The molecule has 4 nitrogen and oxygen atoms in total. The van der Waals surface area contributed by atoms with E-state index in [1.54, 1.807) is 4.90 Å². The maximum Gasteiger partial charge on any atom is 0.414 e. The van der Waals surface area contributed by atoms with Gasteiger partial charge in [0.25, 0.3) is 0 Å². The number of nitrogens with zero attached hydrogens (tertiary/aromatic N) is 1. The minimum atomic E-state index is -0.340. The lowest BCUT2D eigenvalue weighted by Gasteiger charge is -2.34. The number of amides is 1. The second-order valence-electron chi connectivity index (χ2n) is 3.92. The molecule has 1 saturated heterocycles. The summed E-state index contributed by atoms with van der Waals surface area (Å²) in [5, 5.41) is 9.04. The Morgan fingerprint density at radius 3 is 3.06 bits per heavy atom. The molecule has 0 aromatic heterocycles.